The number of guanidine groups is 1. The van der Waals surface area contributed by atoms with Crippen LogP contribution in [-0.2, 0) is 11.2 Å². The Bertz CT molecular complexity index is 763. The molecule has 0 radical (unpaired) electrons. The van der Waals surface area contributed by atoms with Crippen molar-refractivity contribution >= 4 is 17.6 Å². The van der Waals surface area contributed by atoms with Gasteiger partial charge in [-0.2, -0.15) is 0 Å². The third-order valence-corrected chi connectivity index (χ3v) is 3.73. The summed E-state index contributed by atoms with van der Waals surface area (Å²) in [7, 11) is 1.65. The highest BCUT2D eigenvalue weighted by Crippen LogP contribution is 2.17. The third-order valence-electron chi connectivity index (χ3n) is 3.73. The number of hydrogen-bond donors (Lipinski definition) is 3. The summed E-state index contributed by atoms with van der Waals surface area (Å²) in [5.74, 6) is 0.782. The predicted molar refractivity (Wildman–Crippen MR) is 106 cm³/mol. The molecular weight excluding hydrogens is 347 g/mol. The van der Waals surface area contributed by atoms with Crippen molar-refractivity contribution < 1.29 is 13.9 Å². The number of hydrogen-bond acceptors (Lipinski definition) is 3. The van der Waals surface area contributed by atoms with Crippen molar-refractivity contribution in [2.24, 2.45) is 4.99 Å². The first kappa shape index (κ1) is 20.2. The van der Waals surface area contributed by atoms with Crippen LogP contribution in [0.3, 0.4) is 0 Å². The molecule has 0 aliphatic heterocycles. The van der Waals surface area contributed by atoms with Gasteiger partial charge in [-0.1, -0.05) is 18.2 Å². The molecule has 0 spiro atoms. The Kier molecular flexibility index (Phi) is 8.09. The van der Waals surface area contributed by atoms with Gasteiger partial charge in [0.1, 0.15) is 18.1 Å². The standard InChI is InChI=1S/C20H25FN4O2/c1-3-22-20(23-13-12-15-6-4-5-7-18(15)27-2)24-14-19(26)25-17-10-8-16(21)9-11-17/h4-11H,3,12-14H2,1-2H3,(H,25,26)(H2,22,23,24). The molecule has 0 aliphatic carbocycles. The van der Waals surface area contributed by atoms with E-state index in [-0.39, 0.29) is 18.3 Å². The second kappa shape index (κ2) is 10.8. The second-order valence-corrected chi connectivity index (χ2v) is 5.74. The molecule has 0 atom stereocenters. The van der Waals surface area contributed by atoms with Crippen LogP contribution in [0.5, 0.6) is 5.75 Å². The van der Waals surface area contributed by atoms with Crippen LogP contribution < -0.4 is 20.7 Å². The van der Waals surface area contributed by atoms with Gasteiger partial charge in [-0.05, 0) is 49.2 Å². The molecule has 1 amide bonds. The van der Waals surface area contributed by atoms with E-state index in [1.165, 1.54) is 24.3 Å². The summed E-state index contributed by atoms with van der Waals surface area (Å²) in [5, 5.41) is 8.98. The van der Waals surface area contributed by atoms with Gasteiger partial charge in [-0.25, -0.2) is 9.38 Å². The number of nitrogens with zero attached hydrogens (tertiary/aromatic N) is 1. The molecule has 0 heterocycles. The first-order chi connectivity index (χ1) is 13.1. The van der Waals surface area contributed by atoms with Crippen molar-refractivity contribution in [3.8, 4) is 5.75 Å². The number of benzene rings is 2. The van der Waals surface area contributed by atoms with Crippen LogP contribution in [-0.4, -0.2) is 38.6 Å². The second-order valence-electron chi connectivity index (χ2n) is 5.74. The lowest BCUT2D eigenvalue weighted by Crippen LogP contribution is -2.39. The molecule has 0 aliphatic rings. The summed E-state index contributed by atoms with van der Waals surface area (Å²) in [5.41, 5.74) is 1.63. The first-order valence-corrected chi connectivity index (χ1v) is 8.82. The molecule has 0 aromatic heterocycles. The Morgan fingerprint density at radius 3 is 2.56 bits per heavy atom. The number of rotatable bonds is 8. The van der Waals surface area contributed by atoms with E-state index < -0.39 is 0 Å². The molecule has 27 heavy (non-hydrogen) atoms. The number of amides is 1. The lowest BCUT2D eigenvalue weighted by atomic mass is 10.1. The number of nitrogens with one attached hydrogen (secondary N) is 3. The van der Waals surface area contributed by atoms with E-state index in [2.05, 4.69) is 20.9 Å². The number of carbonyl (C=O) groups excluding carboxylic acids is 1. The Morgan fingerprint density at radius 1 is 1.11 bits per heavy atom. The molecule has 0 fully saturated rings. The normalized spacial score (nSPS) is 11.0. The number of aliphatic imine (C=N–C) groups is 1. The Balaban J connectivity index is 1.85. The topological polar surface area (TPSA) is 74.8 Å². The van der Waals surface area contributed by atoms with Gasteiger partial charge >= 0.3 is 0 Å². The first-order valence-electron chi connectivity index (χ1n) is 8.82. The molecule has 144 valence electrons. The van der Waals surface area contributed by atoms with Crippen molar-refractivity contribution in [1.82, 2.24) is 10.6 Å². The van der Waals surface area contributed by atoms with Gasteiger partial charge in [0.05, 0.1) is 7.11 Å². The van der Waals surface area contributed by atoms with Crippen LogP contribution >= 0.6 is 0 Å². The monoisotopic (exact) mass is 372 g/mol. The summed E-state index contributed by atoms with van der Waals surface area (Å²) in [6.07, 6.45) is 0.760. The Hall–Kier alpha value is -3.09. The van der Waals surface area contributed by atoms with E-state index >= 15 is 0 Å². The fraction of sp³-hybridized carbons (Fsp3) is 0.300. The van der Waals surface area contributed by atoms with E-state index in [1.54, 1.807) is 7.11 Å². The maximum Gasteiger partial charge on any atom is 0.246 e. The van der Waals surface area contributed by atoms with E-state index in [4.69, 9.17) is 4.74 Å². The SMILES string of the molecule is CCNC(=NCC(=O)Nc1ccc(F)cc1)NCCc1ccccc1OC. The molecule has 7 heteroatoms. The predicted octanol–water partition coefficient (Wildman–Crippen LogP) is 2.57. The zero-order valence-electron chi connectivity index (χ0n) is 15.6. The molecule has 6 nitrogen and oxygen atoms in total. The van der Waals surface area contributed by atoms with Gasteiger partial charge in [0.15, 0.2) is 5.96 Å². The minimum atomic E-state index is -0.348. The number of ether oxygens (including phenoxy) is 1. The van der Waals surface area contributed by atoms with Gasteiger partial charge in [-0.15, -0.1) is 0 Å². The van der Waals surface area contributed by atoms with E-state index in [0.29, 0.717) is 24.7 Å². The Labute approximate surface area is 158 Å². The van der Waals surface area contributed by atoms with Gasteiger partial charge in [-0.3, -0.25) is 4.79 Å². The van der Waals surface area contributed by atoms with Crippen LogP contribution in [0.15, 0.2) is 53.5 Å². The van der Waals surface area contributed by atoms with Crippen LogP contribution in [0, 0.1) is 5.82 Å². The zero-order valence-corrected chi connectivity index (χ0v) is 15.6. The average Bonchev–Trinajstić information content (AvgIpc) is 2.68. The molecule has 2 rings (SSSR count). The highest BCUT2D eigenvalue weighted by atomic mass is 19.1. The minimum absolute atomic E-state index is 0.0403. The quantitative estimate of drug-likeness (QED) is 0.492. The van der Waals surface area contributed by atoms with Gasteiger partial charge in [0.25, 0.3) is 0 Å². The van der Waals surface area contributed by atoms with Crippen LogP contribution in [0.25, 0.3) is 0 Å². The largest absolute Gasteiger partial charge is 0.496 e. The fourth-order valence-electron chi connectivity index (χ4n) is 2.45. The van der Waals surface area contributed by atoms with Crippen molar-refractivity contribution in [2.75, 3.05) is 32.1 Å². The molecule has 0 saturated heterocycles. The van der Waals surface area contributed by atoms with Gasteiger partial charge in [0, 0.05) is 18.8 Å². The van der Waals surface area contributed by atoms with Gasteiger partial charge < -0.3 is 20.7 Å². The summed E-state index contributed by atoms with van der Waals surface area (Å²) in [4.78, 5) is 16.3. The lowest BCUT2D eigenvalue weighted by Gasteiger charge is -2.12. The highest BCUT2D eigenvalue weighted by molar-refractivity contribution is 5.94. The van der Waals surface area contributed by atoms with Gasteiger partial charge in [0.2, 0.25) is 5.91 Å². The van der Waals surface area contributed by atoms with Crippen LogP contribution in [0.2, 0.25) is 0 Å². The summed E-state index contributed by atoms with van der Waals surface area (Å²) < 4.78 is 18.2. The molecule has 0 bridgehead atoms. The van der Waals surface area contributed by atoms with E-state index in [1.807, 2.05) is 31.2 Å². The number of methoxy groups -OCH3 is 1. The van der Waals surface area contributed by atoms with E-state index in [0.717, 1.165) is 17.7 Å². The maximum absolute atomic E-state index is 12.9. The summed E-state index contributed by atoms with van der Waals surface area (Å²) >= 11 is 0. The summed E-state index contributed by atoms with van der Waals surface area (Å²) in [6.45, 7) is 3.24. The van der Waals surface area contributed by atoms with Crippen molar-refractivity contribution in [2.45, 2.75) is 13.3 Å². The molecule has 2 aromatic rings. The lowest BCUT2D eigenvalue weighted by molar-refractivity contribution is -0.114. The van der Waals surface area contributed by atoms with E-state index in [9.17, 15) is 9.18 Å². The number of anilines is 1. The molecule has 3 N–H and O–H groups in total. The third kappa shape index (κ3) is 6.97. The molecular formula is C20H25FN4O2. The molecule has 2 aromatic carbocycles. The van der Waals surface area contributed by atoms with Crippen molar-refractivity contribution in [1.29, 1.82) is 0 Å². The fourth-order valence-corrected chi connectivity index (χ4v) is 2.45. The smallest absolute Gasteiger partial charge is 0.246 e. The maximum atomic E-state index is 12.9. The Morgan fingerprint density at radius 2 is 1.85 bits per heavy atom. The zero-order chi connectivity index (χ0) is 19.5. The number of halogens is 1. The number of para-hydroxylation sites is 1. The van der Waals surface area contributed by atoms with Crippen molar-refractivity contribution in [3.05, 3.63) is 59.9 Å². The summed E-state index contributed by atoms with van der Waals surface area (Å²) in [6, 6.07) is 13.4. The number of carbonyl (C=O) groups is 1. The molecule has 0 unspecified atom stereocenters. The van der Waals surface area contributed by atoms with Crippen molar-refractivity contribution in [3.63, 3.8) is 0 Å². The highest BCUT2D eigenvalue weighted by Gasteiger charge is 2.05. The molecule has 0 saturated carbocycles. The average molecular weight is 372 g/mol. The van der Waals surface area contributed by atoms with Crippen LogP contribution in [0.4, 0.5) is 10.1 Å². The van der Waals surface area contributed by atoms with Crippen LogP contribution in [0.1, 0.15) is 12.5 Å². The minimum Gasteiger partial charge on any atom is -0.496 e.